The number of aliphatic hydroxyl groups excluding tert-OH is 1. The smallest absolute Gasteiger partial charge is 0.317 e. The second-order valence-electron chi connectivity index (χ2n) is 6.07. The fourth-order valence-corrected chi connectivity index (χ4v) is 3.17. The van der Waals surface area contributed by atoms with Gasteiger partial charge in [0.1, 0.15) is 0 Å². The Bertz CT molecular complexity index is 283. The molecule has 104 valence electrons. The first-order chi connectivity index (χ1) is 8.65. The zero-order valence-corrected chi connectivity index (χ0v) is 11.4. The lowest BCUT2D eigenvalue weighted by Gasteiger charge is -2.32. The third-order valence-corrected chi connectivity index (χ3v) is 4.24. The van der Waals surface area contributed by atoms with Crippen LogP contribution in [0.2, 0.25) is 0 Å². The van der Waals surface area contributed by atoms with Gasteiger partial charge in [-0.1, -0.05) is 13.3 Å². The number of piperidine rings is 1. The largest absolute Gasteiger partial charge is 0.393 e. The maximum absolute atomic E-state index is 12.0. The van der Waals surface area contributed by atoms with E-state index >= 15 is 0 Å². The summed E-state index contributed by atoms with van der Waals surface area (Å²) in [4.78, 5) is 14.0. The van der Waals surface area contributed by atoms with Gasteiger partial charge in [0.05, 0.1) is 6.10 Å². The van der Waals surface area contributed by atoms with E-state index in [-0.39, 0.29) is 12.1 Å². The topological polar surface area (TPSA) is 52.6 Å². The van der Waals surface area contributed by atoms with Gasteiger partial charge >= 0.3 is 6.03 Å². The first-order valence-corrected chi connectivity index (χ1v) is 7.36. The molecule has 3 unspecified atom stereocenters. The van der Waals surface area contributed by atoms with Crippen molar-refractivity contribution in [3.8, 4) is 0 Å². The number of likely N-dealkylation sites (tertiary alicyclic amines) is 1. The van der Waals surface area contributed by atoms with Crippen LogP contribution in [0.15, 0.2) is 0 Å². The van der Waals surface area contributed by atoms with Gasteiger partial charge in [-0.05, 0) is 43.9 Å². The Hall–Kier alpha value is -0.770. The van der Waals surface area contributed by atoms with E-state index < -0.39 is 0 Å². The first-order valence-electron chi connectivity index (χ1n) is 7.36. The van der Waals surface area contributed by atoms with Crippen molar-refractivity contribution in [2.75, 3.05) is 19.6 Å². The average molecular weight is 254 g/mol. The number of nitrogens with zero attached hydrogens (tertiary/aromatic N) is 1. The predicted molar refractivity (Wildman–Crippen MR) is 71.3 cm³/mol. The summed E-state index contributed by atoms with van der Waals surface area (Å²) in [7, 11) is 0. The van der Waals surface area contributed by atoms with E-state index in [1.807, 2.05) is 4.90 Å². The maximum atomic E-state index is 12.0. The fraction of sp³-hybridized carbons (Fsp3) is 0.929. The molecule has 2 rings (SSSR count). The number of amides is 2. The van der Waals surface area contributed by atoms with Crippen molar-refractivity contribution >= 4 is 6.03 Å². The molecule has 1 aliphatic heterocycles. The van der Waals surface area contributed by atoms with Crippen molar-refractivity contribution in [2.24, 2.45) is 11.8 Å². The van der Waals surface area contributed by atoms with Gasteiger partial charge in [0.2, 0.25) is 0 Å². The van der Waals surface area contributed by atoms with Crippen LogP contribution in [0, 0.1) is 11.8 Å². The van der Waals surface area contributed by atoms with E-state index in [9.17, 15) is 9.90 Å². The number of aliphatic hydroxyl groups is 1. The first kappa shape index (κ1) is 13.7. The quantitative estimate of drug-likeness (QED) is 0.791. The summed E-state index contributed by atoms with van der Waals surface area (Å²) in [6, 6.07) is 0.0848. The van der Waals surface area contributed by atoms with E-state index in [1.165, 1.54) is 6.42 Å². The molecule has 0 aromatic heterocycles. The molecular formula is C14H26N2O2. The van der Waals surface area contributed by atoms with Crippen LogP contribution in [0.4, 0.5) is 4.79 Å². The summed E-state index contributed by atoms with van der Waals surface area (Å²) in [5.41, 5.74) is 0. The summed E-state index contributed by atoms with van der Waals surface area (Å²) < 4.78 is 0. The zero-order valence-electron chi connectivity index (χ0n) is 11.4. The summed E-state index contributed by atoms with van der Waals surface area (Å²) in [5.74, 6) is 1.08. The molecule has 4 nitrogen and oxygen atoms in total. The van der Waals surface area contributed by atoms with Crippen LogP contribution < -0.4 is 5.32 Å². The van der Waals surface area contributed by atoms with Crippen LogP contribution in [-0.4, -0.2) is 41.8 Å². The minimum Gasteiger partial charge on any atom is -0.393 e. The predicted octanol–water partition coefficient (Wildman–Crippen LogP) is 1.98. The van der Waals surface area contributed by atoms with Gasteiger partial charge in [-0.2, -0.15) is 0 Å². The number of urea groups is 1. The molecule has 0 aromatic rings. The number of carbonyl (C=O) groups excluding carboxylic acids is 1. The standard InChI is InChI=1S/C14H26N2O2/c1-11-4-3-7-16(10-11)14(18)15-9-12-5-2-6-13(17)8-12/h11-13,17H,2-10H2,1H3,(H,15,18). The Balaban J connectivity index is 1.70. The lowest BCUT2D eigenvalue weighted by atomic mass is 9.87. The highest BCUT2D eigenvalue weighted by atomic mass is 16.3. The van der Waals surface area contributed by atoms with Crippen LogP contribution in [0.25, 0.3) is 0 Å². The number of carbonyl (C=O) groups is 1. The summed E-state index contributed by atoms with van der Waals surface area (Å²) >= 11 is 0. The minimum absolute atomic E-state index is 0.0848. The molecule has 2 aliphatic rings. The molecule has 1 heterocycles. The van der Waals surface area contributed by atoms with Crippen molar-refractivity contribution in [1.82, 2.24) is 10.2 Å². The molecule has 1 aliphatic carbocycles. The molecular weight excluding hydrogens is 228 g/mol. The number of hydrogen-bond acceptors (Lipinski definition) is 2. The van der Waals surface area contributed by atoms with Gasteiger partial charge in [0.25, 0.3) is 0 Å². The molecule has 1 saturated carbocycles. The maximum Gasteiger partial charge on any atom is 0.317 e. The Kier molecular flexibility index (Phi) is 4.87. The fourth-order valence-electron chi connectivity index (χ4n) is 3.17. The highest BCUT2D eigenvalue weighted by Gasteiger charge is 2.23. The van der Waals surface area contributed by atoms with Gasteiger partial charge in [-0.3, -0.25) is 0 Å². The van der Waals surface area contributed by atoms with Crippen molar-refractivity contribution in [1.29, 1.82) is 0 Å². The van der Waals surface area contributed by atoms with Crippen LogP contribution in [-0.2, 0) is 0 Å². The molecule has 2 N–H and O–H groups in total. The van der Waals surface area contributed by atoms with Gasteiger partial charge < -0.3 is 15.3 Å². The van der Waals surface area contributed by atoms with E-state index in [1.54, 1.807) is 0 Å². The van der Waals surface area contributed by atoms with Gasteiger partial charge in [-0.25, -0.2) is 4.79 Å². The third-order valence-electron chi connectivity index (χ3n) is 4.24. The SMILES string of the molecule is CC1CCCN(C(=O)NCC2CCCC(O)C2)C1. The molecule has 2 fully saturated rings. The molecule has 2 amide bonds. The summed E-state index contributed by atoms with van der Waals surface area (Å²) in [5, 5.41) is 12.6. The Morgan fingerprint density at radius 2 is 2.17 bits per heavy atom. The molecule has 0 radical (unpaired) electrons. The monoisotopic (exact) mass is 254 g/mol. The van der Waals surface area contributed by atoms with Crippen molar-refractivity contribution < 1.29 is 9.90 Å². The van der Waals surface area contributed by atoms with Crippen molar-refractivity contribution in [3.05, 3.63) is 0 Å². The summed E-state index contributed by atoms with van der Waals surface area (Å²) in [6.07, 6.45) is 6.19. The number of hydrogen-bond donors (Lipinski definition) is 2. The molecule has 18 heavy (non-hydrogen) atoms. The lowest BCUT2D eigenvalue weighted by molar-refractivity contribution is 0.0996. The second kappa shape index (κ2) is 6.41. The highest BCUT2D eigenvalue weighted by molar-refractivity contribution is 5.74. The van der Waals surface area contributed by atoms with Crippen LogP contribution >= 0.6 is 0 Å². The van der Waals surface area contributed by atoms with E-state index in [0.29, 0.717) is 11.8 Å². The normalized spacial score (nSPS) is 33.2. The van der Waals surface area contributed by atoms with Gasteiger partial charge in [-0.15, -0.1) is 0 Å². The lowest BCUT2D eigenvalue weighted by Crippen LogP contribution is -2.46. The molecule has 4 heteroatoms. The van der Waals surface area contributed by atoms with Crippen molar-refractivity contribution in [2.45, 2.75) is 51.6 Å². The number of nitrogens with one attached hydrogen (secondary N) is 1. The molecule has 1 saturated heterocycles. The van der Waals surface area contributed by atoms with Gasteiger partial charge in [0, 0.05) is 19.6 Å². The van der Waals surface area contributed by atoms with Crippen LogP contribution in [0.3, 0.4) is 0 Å². The molecule has 3 atom stereocenters. The van der Waals surface area contributed by atoms with E-state index in [4.69, 9.17) is 0 Å². The van der Waals surface area contributed by atoms with Crippen LogP contribution in [0.5, 0.6) is 0 Å². The average Bonchev–Trinajstić information content (AvgIpc) is 2.36. The second-order valence-corrected chi connectivity index (χ2v) is 6.07. The Morgan fingerprint density at radius 3 is 2.89 bits per heavy atom. The Labute approximate surface area is 110 Å². The van der Waals surface area contributed by atoms with E-state index in [2.05, 4.69) is 12.2 Å². The Morgan fingerprint density at radius 1 is 1.33 bits per heavy atom. The molecule has 0 aromatic carbocycles. The molecule has 0 bridgehead atoms. The van der Waals surface area contributed by atoms with Crippen molar-refractivity contribution in [3.63, 3.8) is 0 Å². The number of rotatable bonds is 2. The van der Waals surface area contributed by atoms with Gasteiger partial charge in [0.15, 0.2) is 0 Å². The molecule has 0 spiro atoms. The summed E-state index contributed by atoms with van der Waals surface area (Å²) in [6.45, 7) is 4.71. The van der Waals surface area contributed by atoms with Crippen LogP contribution in [0.1, 0.15) is 45.4 Å². The van der Waals surface area contributed by atoms with E-state index in [0.717, 1.165) is 51.7 Å². The third kappa shape index (κ3) is 3.87. The minimum atomic E-state index is -0.157. The highest BCUT2D eigenvalue weighted by Crippen LogP contribution is 2.23. The zero-order chi connectivity index (χ0) is 13.0.